The van der Waals surface area contributed by atoms with Crippen molar-refractivity contribution in [3.63, 3.8) is 0 Å². The number of nitrogens with zero attached hydrogens (tertiary/aromatic N) is 4. The van der Waals surface area contributed by atoms with Crippen molar-refractivity contribution in [3.05, 3.63) is 114 Å². The summed E-state index contributed by atoms with van der Waals surface area (Å²) in [5.74, 6) is -5.26. The van der Waals surface area contributed by atoms with Gasteiger partial charge in [0, 0.05) is 43.8 Å². The summed E-state index contributed by atoms with van der Waals surface area (Å²) < 4.78 is 15.0. The summed E-state index contributed by atoms with van der Waals surface area (Å²) in [6, 6.07) is 21.0. The van der Waals surface area contributed by atoms with Crippen molar-refractivity contribution in [3.8, 4) is 5.69 Å². The monoisotopic (exact) mass is 578 g/mol. The molecular formula is C30H31FN4O7. The molecule has 0 aliphatic heterocycles. The molecule has 0 atom stereocenters. The number of benzene rings is 2. The second-order valence-electron chi connectivity index (χ2n) is 9.55. The maximum absolute atomic E-state index is 13.2. The molecule has 12 heteroatoms. The first-order valence-corrected chi connectivity index (χ1v) is 12.9. The lowest BCUT2D eigenvalue weighted by Crippen LogP contribution is -2.42. The number of pyridine rings is 1. The predicted octanol–water partition coefficient (Wildman–Crippen LogP) is 3.40. The SMILES string of the molecule is Fc1ccc(-n2cc(CN(CCc3ccccc3)Cc3ccncc3)cn2)cc1.O=C(O)CC(O)(CC(=O)O)C(=O)O. The smallest absolute Gasteiger partial charge is 0.336 e. The van der Waals surface area contributed by atoms with Crippen LogP contribution >= 0.6 is 0 Å². The van der Waals surface area contributed by atoms with Gasteiger partial charge in [0.25, 0.3) is 0 Å². The average Bonchev–Trinajstić information content (AvgIpc) is 3.41. The van der Waals surface area contributed by atoms with Crippen LogP contribution in [0, 0.1) is 5.82 Å². The number of carboxylic acids is 3. The highest BCUT2D eigenvalue weighted by atomic mass is 19.1. The maximum Gasteiger partial charge on any atom is 0.336 e. The van der Waals surface area contributed by atoms with Crippen molar-refractivity contribution in [2.45, 2.75) is 38.0 Å². The molecular weight excluding hydrogens is 547 g/mol. The molecule has 42 heavy (non-hydrogen) atoms. The van der Waals surface area contributed by atoms with E-state index in [9.17, 15) is 18.8 Å². The summed E-state index contributed by atoms with van der Waals surface area (Å²) in [6.07, 6.45) is 6.25. The van der Waals surface area contributed by atoms with Gasteiger partial charge in [0.2, 0.25) is 0 Å². The third-order valence-corrected chi connectivity index (χ3v) is 6.13. The van der Waals surface area contributed by atoms with Crippen molar-refractivity contribution < 1.29 is 39.2 Å². The zero-order valence-corrected chi connectivity index (χ0v) is 22.6. The van der Waals surface area contributed by atoms with Crippen LogP contribution in [0.4, 0.5) is 4.39 Å². The molecule has 2 heterocycles. The number of hydrogen-bond donors (Lipinski definition) is 4. The molecule has 4 N–H and O–H groups in total. The van der Waals surface area contributed by atoms with E-state index in [2.05, 4.69) is 51.4 Å². The van der Waals surface area contributed by atoms with E-state index in [1.54, 1.807) is 16.8 Å². The van der Waals surface area contributed by atoms with Crippen LogP contribution in [-0.2, 0) is 33.9 Å². The molecule has 0 radical (unpaired) electrons. The van der Waals surface area contributed by atoms with Gasteiger partial charge in [-0.05, 0) is 53.9 Å². The summed E-state index contributed by atoms with van der Waals surface area (Å²) in [5.41, 5.74) is 1.80. The van der Waals surface area contributed by atoms with Gasteiger partial charge in [0.15, 0.2) is 5.60 Å². The zero-order valence-electron chi connectivity index (χ0n) is 22.6. The van der Waals surface area contributed by atoms with Gasteiger partial charge in [-0.2, -0.15) is 5.10 Å². The second kappa shape index (κ2) is 15.2. The number of rotatable bonds is 13. The molecule has 0 aliphatic rings. The van der Waals surface area contributed by atoms with E-state index in [0.29, 0.717) is 0 Å². The Balaban J connectivity index is 0.000000316. The lowest BCUT2D eigenvalue weighted by molar-refractivity contribution is -0.170. The lowest BCUT2D eigenvalue weighted by atomic mass is 9.96. The minimum absolute atomic E-state index is 0.245. The summed E-state index contributed by atoms with van der Waals surface area (Å²) in [5, 5.41) is 38.3. The molecule has 11 nitrogen and oxygen atoms in total. The molecule has 4 aromatic rings. The fourth-order valence-electron chi connectivity index (χ4n) is 4.04. The number of halogens is 1. The van der Waals surface area contributed by atoms with Crippen LogP contribution in [0.1, 0.15) is 29.5 Å². The van der Waals surface area contributed by atoms with E-state index >= 15 is 0 Å². The van der Waals surface area contributed by atoms with Crippen molar-refractivity contribution in [1.29, 1.82) is 0 Å². The highest BCUT2D eigenvalue weighted by molar-refractivity contribution is 5.88. The van der Waals surface area contributed by atoms with E-state index in [-0.39, 0.29) is 5.82 Å². The van der Waals surface area contributed by atoms with Crippen molar-refractivity contribution in [1.82, 2.24) is 19.7 Å². The van der Waals surface area contributed by atoms with E-state index < -0.39 is 36.4 Å². The quantitative estimate of drug-likeness (QED) is 0.185. The van der Waals surface area contributed by atoms with Gasteiger partial charge in [-0.3, -0.25) is 19.5 Å². The Morgan fingerprint density at radius 1 is 0.810 bits per heavy atom. The van der Waals surface area contributed by atoms with Crippen LogP contribution in [-0.4, -0.2) is 70.1 Å². The van der Waals surface area contributed by atoms with E-state index in [1.807, 2.05) is 30.9 Å². The molecule has 2 aromatic carbocycles. The van der Waals surface area contributed by atoms with E-state index in [1.165, 1.54) is 23.3 Å². The van der Waals surface area contributed by atoms with Crippen molar-refractivity contribution in [2.75, 3.05) is 6.54 Å². The standard InChI is InChI=1S/C24H23FN4.C6H8O7/c25-23-6-8-24(9-7-23)29-19-22(16-27-29)18-28(17-21-10-13-26-14-11-21)15-12-20-4-2-1-3-5-20;7-3(8)1-6(13,5(11)12)2-4(9)10/h1-11,13-14,16,19H,12,15,17-18H2;13H,1-2H2,(H,7,8)(H,9,10)(H,11,12). The largest absolute Gasteiger partial charge is 0.481 e. The molecule has 0 aliphatic carbocycles. The number of hydrogen-bond acceptors (Lipinski definition) is 7. The highest BCUT2D eigenvalue weighted by Crippen LogP contribution is 2.16. The highest BCUT2D eigenvalue weighted by Gasteiger charge is 2.40. The third-order valence-electron chi connectivity index (χ3n) is 6.13. The van der Waals surface area contributed by atoms with Crippen LogP contribution < -0.4 is 0 Å². The van der Waals surface area contributed by atoms with Crippen molar-refractivity contribution >= 4 is 17.9 Å². The second-order valence-corrected chi connectivity index (χ2v) is 9.55. The topological polar surface area (TPSA) is 166 Å². The molecule has 4 rings (SSSR count). The molecule has 0 saturated carbocycles. The Bertz CT molecular complexity index is 1430. The predicted molar refractivity (Wildman–Crippen MR) is 149 cm³/mol. The summed E-state index contributed by atoms with van der Waals surface area (Å²) >= 11 is 0. The first-order chi connectivity index (χ1) is 20.0. The molecule has 2 aromatic heterocycles. The van der Waals surface area contributed by atoms with Gasteiger partial charge in [-0.25, -0.2) is 13.9 Å². The first-order valence-electron chi connectivity index (χ1n) is 12.9. The summed E-state index contributed by atoms with van der Waals surface area (Å²) in [6.45, 7) is 2.57. The van der Waals surface area contributed by atoms with E-state index in [4.69, 9.17) is 20.4 Å². The van der Waals surface area contributed by atoms with Crippen LogP contribution in [0.25, 0.3) is 5.69 Å². The van der Waals surface area contributed by atoms with Crippen LogP contribution in [0.15, 0.2) is 91.5 Å². The molecule has 0 bridgehead atoms. The van der Waals surface area contributed by atoms with Gasteiger partial charge in [-0.1, -0.05) is 30.3 Å². The number of carboxylic acid groups (broad SMARTS) is 3. The van der Waals surface area contributed by atoms with Gasteiger partial charge in [-0.15, -0.1) is 0 Å². The molecule has 0 unspecified atom stereocenters. The van der Waals surface area contributed by atoms with Crippen molar-refractivity contribution in [2.24, 2.45) is 0 Å². The first kappa shape index (κ1) is 31.6. The molecule has 0 amide bonds. The maximum atomic E-state index is 13.2. The normalized spacial score (nSPS) is 11.0. The van der Waals surface area contributed by atoms with Gasteiger partial charge >= 0.3 is 17.9 Å². The van der Waals surface area contributed by atoms with Crippen LogP contribution in [0.2, 0.25) is 0 Å². The number of aliphatic hydroxyl groups is 1. The molecule has 220 valence electrons. The third kappa shape index (κ3) is 10.2. The zero-order chi connectivity index (χ0) is 30.5. The fraction of sp³-hybridized carbons (Fsp3) is 0.233. The Kier molecular flexibility index (Phi) is 11.4. The Labute approximate surface area is 241 Å². The Morgan fingerprint density at radius 2 is 1.40 bits per heavy atom. The van der Waals surface area contributed by atoms with Crippen LogP contribution in [0.5, 0.6) is 0 Å². The Morgan fingerprint density at radius 3 is 1.98 bits per heavy atom. The fourth-order valence-corrected chi connectivity index (χ4v) is 4.04. The number of aromatic nitrogens is 3. The Hall–Kier alpha value is -4.94. The van der Waals surface area contributed by atoms with Gasteiger partial charge in [0.1, 0.15) is 5.82 Å². The van der Waals surface area contributed by atoms with Crippen LogP contribution in [0.3, 0.4) is 0 Å². The average molecular weight is 579 g/mol. The molecule has 0 spiro atoms. The van der Waals surface area contributed by atoms with Gasteiger partial charge in [0.05, 0.1) is 24.7 Å². The molecule has 0 fully saturated rings. The molecule has 0 saturated heterocycles. The summed E-state index contributed by atoms with van der Waals surface area (Å²) in [7, 11) is 0. The lowest BCUT2D eigenvalue weighted by Gasteiger charge is -2.22. The van der Waals surface area contributed by atoms with E-state index in [0.717, 1.165) is 37.3 Å². The summed E-state index contributed by atoms with van der Waals surface area (Å²) in [4.78, 5) is 37.0. The minimum atomic E-state index is -2.74. The number of carbonyl (C=O) groups is 3. The number of aliphatic carboxylic acids is 3. The minimum Gasteiger partial charge on any atom is -0.481 e. The van der Waals surface area contributed by atoms with Gasteiger partial charge < -0.3 is 20.4 Å².